The number of nitrogens with one attached hydrogen (secondary N) is 1. The van der Waals surface area contributed by atoms with Crippen LogP contribution in [0.1, 0.15) is 29.3 Å². The van der Waals surface area contributed by atoms with Crippen LogP contribution in [0.2, 0.25) is 0 Å². The van der Waals surface area contributed by atoms with Gasteiger partial charge in [0.1, 0.15) is 17.7 Å². The summed E-state index contributed by atoms with van der Waals surface area (Å²) in [6.07, 6.45) is 3.13. The third kappa shape index (κ3) is 2.62. The minimum absolute atomic E-state index is 0.00149. The normalized spacial score (nSPS) is 16.2. The van der Waals surface area contributed by atoms with Crippen molar-refractivity contribution in [1.82, 2.24) is 55.1 Å². The molecule has 1 aliphatic rings. The minimum atomic E-state index is -0.174. The molecule has 4 aromatic rings. The van der Waals surface area contributed by atoms with Gasteiger partial charge >= 0.3 is 0 Å². The van der Waals surface area contributed by atoms with Crippen molar-refractivity contribution in [1.29, 1.82) is 0 Å². The van der Waals surface area contributed by atoms with Crippen LogP contribution in [0.4, 0.5) is 0 Å². The van der Waals surface area contributed by atoms with Crippen molar-refractivity contribution in [3.63, 3.8) is 0 Å². The Morgan fingerprint density at radius 2 is 2.21 bits per heavy atom. The lowest BCUT2D eigenvalue weighted by atomic mass is 10.2. The smallest absolute Gasteiger partial charge is 0.272 e. The number of rotatable bonds is 3. The van der Waals surface area contributed by atoms with Crippen LogP contribution in [0.5, 0.6) is 0 Å². The zero-order valence-corrected chi connectivity index (χ0v) is 14.8. The number of hydrogen-bond acceptors (Lipinski definition) is 8. The molecular formula is C16H15N11O. The third-order valence-electron chi connectivity index (χ3n) is 4.58. The first-order valence-corrected chi connectivity index (χ1v) is 8.64. The Labute approximate surface area is 158 Å². The standard InChI is InChI=1S/C16H15N11O/c1-10-7-25(16(28)12-6-13(20-19-12)26-9-18-23-24-26)8-14-21-22-15(27(10)14)11-4-2-3-5-17-11/h2-6,9-10H,7-8H2,1H3,(H,19,20)/t10-/m0/s1. The summed E-state index contributed by atoms with van der Waals surface area (Å²) >= 11 is 0. The summed E-state index contributed by atoms with van der Waals surface area (Å²) in [5.41, 5.74) is 1.11. The highest BCUT2D eigenvalue weighted by Crippen LogP contribution is 2.27. The highest BCUT2D eigenvalue weighted by Gasteiger charge is 2.31. The van der Waals surface area contributed by atoms with E-state index in [4.69, 9.17) is 0 Å². The Morgan fingerprint density at radius 3 is 3.00 bits per heavy atom. The molecular weight excluding hydrogens is 362 g/mol. The quantitative estimate of drug-likeness (QED) is 0.537. The zero-order valence-electron chi connectivity index (χ0n) is 14.8. The molecule has 0 spiro atoms. The van der Waals surface area contributed by atoms with E-state index in [9.17, 15) is 4.79 Å². The van der Waals surface area contributed by atoms with E-state index in [1.807, 2.05) is 29.7 Å². The van der Waals surface area contributed by atoms with Crippen LogP contribution in [0.15, 0.2) is 36.8 Å². The van der Waals surface area contributed by atoms with Gasteiger partial charge in [-0.05, 0) is 29.5 Å². The molecule has 1 atom stereocenters. The number of fused-ring (bicyclic) bond motifs is 1. The number of amides is 1. The number of H-pyrrole nitrogens is 1. The third-order valence-corrected chi connectivity index (χ3v) is 4.58. The first-order chi connectivity index (χ1) is 13.7. The fourth-order valence-corrected chi connectivity index (χ4v) is 3.33. The fraction of sp³-hybridized carbons (Fsp3) is 0.250. The van der Waals surface area contributed by atoms with Crippen molar-refractivity contribution in [2.24, 2.45) is 0 Å². The average molecular weight is 377 g/mol. The molecule has 0 aliphatic carbocycles. The maximum Gasteiger partial charge on any atom is 0.272 e. The van der Waals surface area contributed by atoms with E-state index in [2.05, 4.69) is 40.9 Å². The largest absolute Gasteiger partial charge is 0.328 e. The van der Waals surface area contributed by atoms with Crippen LogP contribution in [0, 0.1) is 0 Å². The van der Waals surface area contributed by atoms with Gasteiger partial charge in [-0.25, -0.2) is 0 Å². The maximum atomic E-state index is 12.9. The summed E-state index contributed by atoms with van der Waals surface area (Å²) in [5.74, 6) is 1.69. The average Bonchev–Trinajstić information content (AvgIpc) is 3.47. The second kappa shape index (κ2) is 6.33. The summed E-state index contributed by atoms with van der Waals surface area (Å²) in [5, 5.41) is 26.3. The van der Waals surface area contributed by atoms with Crippen LogP contribution in [0.25, 0.3) is 17.3 Å². The number of tetrazole rings is 1. The van der Waals surface area contributed by atoms with Crippen molar-refractivity contribution in [3.8, 4) is 17.3 Å². The van der Waals surface area contributed by atoms with E-state index in [0.29, 0.717) is 36.3 Å². The predicted molar refractivity (Wildman–Crippen MR) is 94.0 cm³/mol. The number of carbonyl (C=O) groups is 1. The molecule has 12 heteroatoms. The lowest BCUT2D eigenvalue weighted by molar-refractivity contribution is 0.0676. The molecule has 0 fully saturated rings. The van der Waals surface area contributed by atoms with Gasteiger partial charge in [0.15, 0.2) is 17.5 Å². The highest BCUT2D eigenvalue weighted by atomic mass is 16.2. The Morgan fingerprint density at radius 1 is 1.29 bits per heavy atom. The van der Waals surface area contributed by atoms with E-state index >= 15 is 0 Å². The molecule has 12 nitrogen and oxygen atoms in total. The number of hydrogen-bond donors (Lipinski definition) is 1. The van der Waals surface area contributed by atoms with E-state index in [1.54, 1.807) is 17.2 Å². The Kier molecular flexibility index (Phi) is 3.67. The van der Waals surface area contributed by atoms with E-state index in [1.165, 1.54) is 11.0 Å². The molecule has 0 bridgehead atoms. The maximum absolute atomic E-state index is 12.9. The number of aromatic nitrogens is 10. The van der Waals surface area contributed by atoms with Gasteiger partial charge in [0.2, 0.25) is 0 Å². The van der Waals surface area contributed by atoms with Gasteiger partial charge in [-0.2, -0.15) is 9.78 Å². The predicted octanol–water partition coefficient (Wildman–Crippen LogP) is 0.256. The molecule has 0 radical (unpaired) electrons. The number of nitrogens with zero attached hydrogens (tertiary/aromatic N) is 10. The molecule has 0 saturated heterocycles. The second-order valence-corrected chi connectivity index (χ2v) is 6.45. The SMILES string of the molecule is C[C@H]1CN(C(=O)c2cc(-n3cnnn3)n[nH]2)Cc2nnc(-c3ccccn3)n21. The Hall–Kier alpha value is -3.96. The zero-order chi connectivity index (χ0) is 19.1. The molecule has 1 aliphatic heterocycles. The Bertz CT molecular complexity index is 1110. The van der Waals surface area contributed by atoms with Gasteiger partial charge in [0.25, 0.3) is 5.91 Å². The summed E-state index contributed by atoms with van der Waals surface area (Å²) in [6.45, 7) is 2.89. The molecule has 5 heterocycles. The molecule has 140 valence electrons. The summed E-state index contributed by atoms with van der Waals surface area (Å²) in [6, 6.07) is 7.28. The minimum Gasteiger partial charge on any atom is -0.328 e. The first kappa shape index (κ1) is 16.2. The van der Waals surface area contributed by atoms with Crippen molar-refractivity contribution < 1.29 is 4.79 Å². The number of aromatic amines is 1. The van der Waals surface area contributed by atoms with Gasteiger partial charge in [-0.1, -0.05) is 6.07 Å². The van der Waals surface area contributed by atoms with Crippen molar-refractivity contribution in [3.05, 3.63) is 48.3 Å². The van der Waals surface area contributed by atoms with Gasteiger partial charge in [-0.15, -0.1) is 15.3 Å². The lowest BCUT2D eigenvalue weighted by Gasteiger charge is -2.32. The van der Waals surface area contributed by atoms with Crippen molar-refractivity contribution in [2.45, 2.75) is 19.5 Å². The van der Waals surface area contributed by atoms with Gasteiger partial charge < -0.3 is 9.47 Å². The van der Waals surface area contributed by atoms with E-state index in [-0.39, 0.29) is 11.9 Å². The van der Waals surface area contributed by atoms with Crippen LogP contribution in [-0.4, -0.2) is 67.5 Å². The van der Waals surface area contributed by atoms with E-state index in [0.717, 1.165) is 5.69 Å². The van der Waals surface area contributed by atoms with Crippen molar-refractivity contribution >= 4 is 5.91 Å². The van der Waals surface area contributed by atoms with Gasteiger partial charge in [0.05, 0.1) is 12.6 Å². The van der Waals surface area contributed by atoms with Crippen LogP contribution in [0.3, 0.4) is 0 Å². The summed E-state index contributed by atoms with van der Waals surface area (Å²) in [7, 11) is 0. The van der Waals surface area contributed by atoms with Crippen LogP contribution < -0.4 is 0 Å². The molecule has 0 unspecified atom stereocenters. The molecule has 1 amide bonds. The highest BCUT2D eigenvalue weighted by molar-refractivity contribution is 5.92. The van der Waals surface area contributed by atoms with Gasteiger partial charge in [0, 0.05) is 18.8 Å². The molecule has 1 N–H and O–H groups in total. The Balaban J connectivity index is 1.41. The number of pyridine rings is 1. The molecule has 5 rings (SSSR count). The monoisotopic (exact) mass is 377 g/mol. The fourth-order valence-electron chi connectivity index (χ4n) is 3.33. The van der Waals surface area contributed by atoms with Crippen molar-refractivity contribution in [2.75, 3.05) is 6.54 Å². The van der Waals surface area contributed by atoms with Gasteiger partial charge in [-0.3, -0.25) is 14.9 Å². The number of carbonyl (C=O) groups excluding carboxylic acids is 1. The summed E-state index contributed by atoms with van der Waals surface area (Å²) in [4.78, 5) is 19.0. The second-order valence-electron chi connectivity index (χ2n) is 6.45. The van der Waals surface area contributed by atoms with E-state index < -0.39 is 0 Å². The molecule has 28 heavy (non-hydrogen) atoms. The molecule has 4 aromatic heterocycles. The lowest BCUT2D eigenvalue weighted by Crippen LogP contribution is -2.40. The first-order valence-electron chi connectivity index (χ1n) is 8.64. The topological polar surface area (TPSA) is 136 Å². The molecule has 0 saturated carbocycles. The van der Waals surface area contributed by atoms with Crippen LogP contribution >= 0.6 is 0 Å². The summed E-state index contributed by atoms with van der Waals surface area (Å²) < 4.78 is 3.41. The molecule has 0 aromatic carbocycles. The van der Waals surface area contributed by atoms with Crippen LogP contribution in [-0.2, 0) is 6.54 Å².